The summed E-state index contributed by atoms with van der Waals surface area (Å²) in [5.74, 6) is 1.18. The average molecular weight is 407 g/mol. The molecule has 2 aromatic heterocycles. The van der Waals surface area contributed by atoms with Crippen molar-refractivity contribution in [3.8, 4) is 17.1 Å². The van der Waals surface area contributed by atoms with E-state index in [1.807, 2.05) is 10.8 Å². The Morgan fingerprint density at radius 2 is 1.97 bits per heavy atom. The largest absolute Gasteiger partial charge is 0.338 e. The predicted octanol–water partition coefficient (Wildman–Crippen LogP) is 4.74. The van der Waals surface area contributed by atoms with E-state index in [0.29, 0.717) is 23.0 Å². The number of hydrogen-bond acceptors (Lipinski definition) is 7. The number of nitro groups is 1. The van der Waals surface area contributed by atoms with Crippen molar-refractivity contribution in [1.82, 2.24) is 19.7 Å². The van der Waals surface area contributed by atoms with Crippen molar-refractivity contribution in [1.29, 1.82) is 0 Å². The molecule has 146 valence electrons. The van der Waals surface area contributed by atoms with Gasteiger partial charge in [-0.1, -0.05) is 35.1 Å². The maximum absolute atomic E-state index is 10.9. The second-order valence-electron chi connectivity index (χ2n) is 6.53. The fourth-order valence-electron chi connectivity index (χ4n) is 3.00. The Morgan fingerprint density at radius 3 is 2.72 bits per heavy atom. The van der Waals surface area contributed by atoms with Crippen LogP contribution in [0, 0.1) is 24.0 Å². The molecule has 2 heterocycles. The maximum Gasteiger partial charge on any atom is 0.270 e. The van der Waals surface area contributed by atoms with E-state index in [0.717, 1.165) is 10.8 Å². The van der Waals surface area contributed by atoms with Crippen LogP contribution in [0.2, 0.25) is 0 Å². The first-order chi connectivity index (χ1) is 14.0. The van der Waals surface area contributed by atoms with Crippen LogP contribution in [0.4, 0.5) is 5.69 Å². The molecule has 0 fully saturated rings. The molecule has 0 saturated carbocycles. The SMILES string of the molecule is Cc1cc(C)cc(-n2ccnc2SCc2nc(-c3cccc([N+](=O)[O-])c3)no2)c1. The molecule has 0 radical (unpaired) electrons. The summed E-state index contributed by atoms with van der Waals surface area (Å²) < 4.78 is 7.33. The number of thioether (sulfide) groups is 1. The van der Waals surface area contributed by atoms with Crippen molar-refractivity contribution in [2.45, 2.75) is 24.8 Å². The van der Waals surface area contributed by atoms with Gasteiger partial charge in [0.15, 0.2) is 5.16 Å². The van der Waals surface area contributed by atoms with Gasteiger partial charge in [-0.25, -0.2) is 4.98 Å². The molecule has 9 heteroatoms. The first-order valence-electron chi connectivity index (χ1n) is 8.82. The molecule has 0 aliphatic rings. The first kappa shape index (κ1) is 18.9. The predicted molar refractivity (Wildman–Crippen MR) is 109 cm³/mol. The normalized spacial score (nSPS) is 11.0. The van der Waals surface area contributed by atoms with Crippen molar-refractivity contribution >= 4 is 17.4 Å². The zero-order valence-corrected chi connectivity index (χ0v) is 16.6. The van der Waals surface area contributed by atoms with E-state index in [4.69, 9.17) is 4.52 Å². The van der Waals surface area contributed by atoms with Crippen LogP contribution in [0.25, 0.3) is 17.1 Å². The lowest BCUT2D eigenvalue weighted by Crippen LogP contribution is -1.97. The third-order valence-corrected chi connectivity index (χ3v) is 5.15. The number of aryl methyl sites for hydroxylation is 2. The summed E-state index contributed by atoms with van der Waals surface area (Å²) in [6.45, 7) is 4.13. The van der Waals surface area contributed by atoms with E-state index in [9.17, 15) is 10.1 Å². The topological polar surface area (TPSA) is 99.9 Å². The Kier molecular flexibility index (Phi) is 5.13. The van der Waals surface area contributed by atoms with Crippen LogP contribution in [0.15, 0.2) is 64.5 Å². The number of aromatic nitrogens is 4. The fourth-order valence-corrected chi connectivity index (χ4v) is 3.81. The van der Waals surface area contributed by atoms with Gasteiger partial charge in [-0.15, -0.1) is 0 Å². The highest BCUT2D eigenvalue weighted by Gasteiger charge is 2.14. The van der Waals surface area contributed by atoms with Gasteiger partial charge in [0.2, 0.25) is 11.7 Å². The molecule has 0 bridgehead atoms. The Morgan fingerprint density at radius 1 is 1.17 bits per heavy atom. The summed E-state index contributed by atoms with van der Waals surface area (Å²) in [5, 5.41) is 15.7. The lowest BCUT2D eigenvalue weighted by atomic mass is 10.1. The summed E-state index contributed by atoms with van der Waals surface area (Å²) in [7, 11) is 0. The third-order valence-electron chi connectivity index (χ3n) is 4.20. The zero-order chi connectivity index (χ0) is 20.4. The number of imidazole rings is 1. The van der Waals surface area contributed by atoms with Crippen molar-refractivity contribution in [3.05, 3.63) is 82.0 Å². The molecule has 0 unspecified atom stereocenters. The van der Waals surface area contributed by atoms with Crippen molar-refractivity contribution in [3.63, 3.8) is 0 Å². The van der Waals surface area contributed by atoms with Gasteiger partial charge in [0.1, 0.15) is 0 Å². The minimum absolute atomic E-state index is 0.0151. The molecular formula is C20H17N5O3S. The molecule has 4 aromatic rings. The highest BCUT2D eigenvalue weighted by Crippen LogP contribution is 2.26. The summed E-state index contributed by atoms with van der Waals surface area (Å²) >= 11 is 1.48. The van der Waals surface area contributed by atoms with Crippen molar-refractivity contribution in [2.24, 2.45) is 0 Å². The number of nitro benzene ring substituents is 1. The molecule has 2 aromatic carbocycles. The Balaban J connectivity index is 1.51. The van der Waals surface area contributed by atoms with Crippen LogP contribution >= 0.6 is 11.8 Å². The lowest BCUT2D eigenvalue weighted by Gasteiger charge is -2.09. The number of non-ortho nitro benzene ring substituents is 1. The second kappa shape index (κ2) is 7.88. The van der Waals surface area contributed by atoms with E-state index in [2.05, 4.69) is 47.2 Å². The Hall–Kier alpha value is -3.46. The third kappa shape index (κ3) is 4.19. The average Bonchev–Trinajstić information content (AvgIpc) is 3.35. The summed E-state index contributed by atoms with van der Waals surface area (Å²) in [4.78, 5) is 19.3. The van der Waals surface area contributed by atoms with Crippen LogP contribution in [-0.4, -0.2) is 24.6 Å². The number of benzene rings is 2. The quantitative estimate of drug-likeness (QED) is 0.258. The minimum atomic E-state index is -0.451. The second-order valence-corrected chi connectivity index (χ2v) is 7.48. The zero-order valence-electron chi connectivity index (χ0n) is 15.8. The van der Waals surface area contributed by atoms with E-state index in [-0.39, 0.29) is 5.69 Å². The van der Waals surface area contributed by atoms with Gasteiger partial charge in [0.25, 0.3) is 5.69 Å². The van der Waals surface area contributed by atoms with Crippen LogP contribution in [0.5, 0.6) is 0 Å². The molecule has 4 rings (SSSR count). The Bertz CT molecular complexity index is 1160. The highest BCUT2D eigenvalue weighted by atomic mass is 32.2. The molecule has 0 aliphatic heterocycles. The lowest BCUT2D eigenvalue weighted by molar-refractivity contribution is -0.384. The van der Waals surface area contributed by atoms with Crippen molar-refractivity contribution < 1.29 is 9.45 Å². The van der Waals surface area contributed by atoms with E-state index >= 15 is 0 Å². The first-order valence-corrected chi connectivity index (χ1v) is 9.80. The van der Waals surface area contributed by atoms with Gasteiger partial charge >= 0.3 is 0 Å². The molecule has 0 amide bonds. The minimum Gasteiger partial charge on any atom is -0.338 e. The van der Waals surface area contributed by atoms with Crippen LogP contribution in [0.3, 0.4) is 0 Å². The van der Waals surface area contributed by atoms with E-state index < -0.39 is 4.92 Å². The van der Waals surface area contributed by atoms with Gasteiger partial charge in [-0.2, -0.15) is 4.98 Å². The monoisotopic (exact) mass is 407 g/mol. The summed E-state index contributed by atoms with van der Waals surface area (Å²) in [5.41, 5.74) is 3.94. The maximum atomic E-state index is 10.9. The van der Waals surface area contributed by atoms with Gasteiger partial charge in [0.05, 0.1) is 10.7 Å². The fraction of sp³-hybridized carbons (Fsp3) is 0.150. The molecule has 29 heavy (non-hydrogen) atoms. The molecule has 8 nitrogen and oxygen atoms in total. The van der Waals surface area contributed by atoms with Gasteiger partial charge in [0, 0.05) is 35.8 Å². The molecule has 0 aliphatic carbocycles. The number of rotatable bonds is 6. The molecule has 0 saturated heterocycles. The Labute approximate surface area is 170 Å². The summed E-state index contributed by atoms with van der Waals surface area (Å²) in [6, 6.07) is 12.5. The van der Waals surface area contributed by atoms with E-state index in [1.165, 1.54) is 35.0 Å². The number of nitrogens with zero attached hydrogens (tertiary/aromatic N) is 5. The van der Waals surface area contributed by atoms with Crippen LogP contribution < -0.4 is 0 Å². The van der Waals surface area contributed by atoms with Crippen LogP contribution in [0.1, 0.15) is 17.0 Å². The molecular weight excluding hydrogens is 390 g/mol. The van der Waals surface area contributed by atoms with Gasteiger partial charge < -0.3 is 4.52 Å². The molecule has 0 spiro atoms. The number of hydrogen-bond donors (Lipinski definition) is 0. The molecule has 0 atom stereocenters. The van der Waals surface area contributed by atoms with Crippen LogP contribution in [-0.2, 0) is 5.75 Å². The smallest absolute Gasteiger partial charge is 0.270 e. The van der Waals surface area contributed by atoms with Gasteiger partial charge in [-0.3, -0.25) is 14.7 Å². The molecule has 0 N–H and O–H groups in total. The van der Waals surface area contributed by atoms with E-state index in [1.54, 1.807) is 18.3 Å². The highest BCUT2D eigenvalue weighted by molar-refractivity contribution is 7.98. The van der Waals surface area contributed by atoms with Gasteiger partial charge in [-0.05, 0) is 37.1 Å². The standard InChI is InChI=1S/C20H17N5O3S/c1-13-8-14(2)10-17(9-13)24-7-6-21-20(24)29-12-18-22-19(23-28-18)15-4-3-5-16(11-15)25(26)27/h3-11H,12H2,1-2H3. The summed E-state index contributed by atoms with van der Waals surface area (Å²) in [6.07, 6.45) is 3.67. The van der Waals surface area contributed by atoms with Crippen molar-refractivity contribution in [2.75, 3.05) is 0 Å².